The number of hydrogen-bond donors (Lipinski definition) is 0. The molecule has 0 saturated heterocycles. The Balaban J connectivity index is 2.51. The zero-order valence-corrected chi connectivity index (χ0v) is 11.2. The van der Waals surface area contributed by atoms with Gasteiger partial charge in [-0.2, -0.15) is 0 Å². The summed E-state index contributed by atoms with van der Waals surface area (Å²) in [5.41, 5.74) is -0.362. The van der Waals surface area contributed by atoms with Crippen LogP contribution in [0.5, 0.6) is 5.75 Å². The zero-order valence-electron chi connectivity index (χ0n) is 10.4. The van der Waals surface area contributed by atoms with Crippen molar-refractivity contribution in [1.82, 2.24) is 4.90 Å². The van der Waals surface area contributed by atoms with E-state index in [1.54, 1.807) is 11.9 Å². The third kappa shape index (κ3) is 3.93. The summed E-state index contributed by atoms with van der Waals surface area (Å²) in [6.45, 7) is 3.86. The molecule has 1 aromatic carbocycles. The van der Waals surface area contributed by atoms with Crippen molar-refractivity contribution in [3.63, 3.8) is 0 Å². The van der Waals surface area contributed by atoms with Crippen molar-refractivity contribution in [2.24, 2.45) is 0 Å². The maximum atomic E-state index is 11.9. The number of likely N-dealkylation sites (N-methyl/N-ethyl adjacent to an activating group) is 1. The fraction of sp³-hybridized carbons (Fsp3) is 0.462. The monoisotopic (exact) mass is 255 g/mol. The number of hydrogen-bond acceptors (Lipinski definition) is 2. The molecule has 17 heavy (non-hydrogen) atoms. The van der Waals surface area contributed by atoms with E-state index in [0.29, 0.717) is 11.6 Å². The summed E-state index contributed by atoms with van der Waals surface area (Å²) in [6.07, 6.45) is 0. The van der Waals surface area contributed by atoms with E-state index in [4.69, 9.17) is 16.3 Å². The van der Waals surface area contributed by atoms with Crippen molar-refractivity contribution in [2.75, 3.05) is 19.5 Å². The Kier molecular flexibility index (Phi) is 4.82. The molecule has 94 valence electrons. The van der Waals surface area contributed by atoms with Gasteiger partial charge in [0.2, 0.25) is 0 Å². The van der Waals surface area contributed by atoms with Gasteiger partial charge in [-0.3, -0.25) is 4.79 Å². The number of rotatable bonds is 5. The van der Waals surface area contributed by atoms with Crippen LogP contribution in [0, 0.1) is 0 Å². The predicted octanol–water partition coefficient (Wildman–Crippen LogP) is 2.54. The van der Waals surface area contributed by atoms with Crippen LogP contribution in [-0.4, -0.2) is 35.9 Å². The topological polar surface area (TPSA) is 29.5 Å². The number of carbonyl (C=O) groups excluding carboxylic acids is 1. The Labute approximate surface area is 107 Å². The van der Waals surface area contributed by atoms with E-state index in [1.165, 1.54) is 0 Å². The van der Waals surface area contributed by atoms with Gasteiger partial charge in [-0.25, -0.2) is 0 Å². The van der Waals surface area contributed by atoms with Crippen molar-refractivity contribution in [1.29, 1.82) is 0 Å². The molecule has 0 aromatic heterocycles. The van der Waals surface area contributed by atoms with Crippen LogP contribution in [0.4, 0.5) is 0 Å². The number of benzene rings is 1. The number of carbonyl (C=O) groups is 1. The summed E-state index contributed by atoms with van der Waals surface area (Å²) in [5, 5.41) is 0. The lowest BCUT2D eigenvalue weighted by Gasteiger charge is -2.33. The van der Waals surface area contributed by atoms with Crippen LogP contribution in [0.25, 0.3) is 0 Å². The molecule has 0 radical (unpaired) electrons. The summed E-state index contributed by atoms with van der Waals surface area (Å²) >= 11 is 5.81. The first-order valence-corrected chi connectivity index (χ1v) is 6.01. The fourth-order valence-corrected chi connectivity index (χ4v) is 1.37. The van der Waals surface area contributed by atoms with Gasteiger partial charge in [0.25, 0.3) is 5.91 Å². The van der Waals surface area contributed by atoms with E-state index in [2.05, 4.69) is 0 Å². The predicted molar refractivity (Wildman–Crippen MR) is 69.5 cm³/mol. The molecule has 0 heterocycles. The van der Waals surface area contributed by atoms with Crippen LogP contribution in [0.3, 0.4) is 0 Å². The first-order valence-electron chi connectivity index (χ1n) is 5.48. The van der Waals surface area contributed by atoms with Crippen molar-refractivity contribution >= 4 is 17.5 Å². The molecule has 1 aromatic rings. The Morgan fingerprint density at radius 1 is 1.35 bits per heavy atom. The molecule has 0 spiro atoms. The van der Waals surface area contributed by atoms with Gasteiger partial charge < -0.3 is 9.64 Å². The number of alkyl halides is 1. The lowest BCUT2D eigenvalue weighted by atomic mass is 10.1. The maximum absolute atomic E-state index is 11.9. The molecule has 0 aliphatic rings. The van der Waals surface area contributed by atoms with E-state index in [9.17, 15) is 4.79 Å². The normalized spacial score (nSPS) is 11.1. The molecule has 0 fully saturated rings. The minimum atomic E-state index is -0.362. The molecular weight excluding hydrogens is 238 g/mol. The maximum Gasteiger partial charge on any atom is 0.260 e. The van der Waals surface area contributed by atoms with Crippen LogP contribution < -0.4 is 4.74 Å². The Morgan fingerprint density at radius 2 is 1.94 bits per heavy atom. The first-order chi connectivity index (χ1) is 7.97. The SMILES string of the molecule is CN(C(=O)COc1ccccc1)C(C)(C)CCl. The molecule has 4 heteroatoms. The molecule has 0 bridgehead atoms. The number of halogens is 1. The van der Waals surface area contributed by atoms with Gasteiger partial charge in [-0.15, -0.1) is 11.6 Å². The average Bonchev–Trinajstić information content (AvgIpc) is 2.36. The highest BCUT2D eigenvalue weighted by atomic mass is 35.5. The molecule has 0 unspecified atom stereocenters. The summed E-state index contributed by atoms with van der Waals surface area (Å²) in [7, 11) is 1.74. The third-order valence-electron chi connectivity index (χ3n) is 2.71. The minimum absolute atomic E-state index is 0.0286. The molecule has 1 rings (SSSR count). The molecule has 0 saturated carbocycles. The van der Waals surface area contributed by atoms with E-state index in [0.717, 1.165) is 0 Å². The molecule has 0 aliphatic heterocycles. The summed E-state index contributed by atoms with van der Waals surface area (Å²) in [6, 6.07) is 9.27. The van der Waals surface area contributed by atoms with E-state index in [-0.39, 0.29) is 18.1 Å². The highest BCUT2D eigenvalue weighted by Crippen LogP contribution is 2.15. The second-order valence-electron chi connectivity index (χ2n) is 4.50. The van der Waals surface area contributed by atoms with Gasteiger partial charge in [0.15, 0.2) is 6.61 Å². The lowest BCUT2D eigenvalue weighted by Crippen LogP contribution is -2.48. The second kappa shape index (κ2) is 5.92. The number of amides is 1. The van der Waals surface area contributed by atoms with Gasteiger partial charge in [0.05, 0.1) is 5.54 Å². The number of nitrogens with zero attached hydrogens (tertiary/aromatic N) is 1. The molecule has 0 atom stereocenters. The van der Waals surface area contributed by atoms with Crippen molar-refractivity contribution in [3.05, 3.63) is 30.3 Å². The smallest absolute Gasteiger partial charge is 0.260 e. The molecule has 3 nitrogen and oxygen atoms in total. The van der Waals surface area contributed by atoms with Crippen LogP contribution in [0.15, 0.2) is 30.3 Å². The van der Waals surface area contributed by atoms with Crippen molar-refractivity contribution in [3.8, 4) is 5.75 Å². The van der Waals surface area contributed by atoms with Gasteiger partial charge >= 0.3 is 0 Å². The fourth-order valence-electron chi connectivity index (χ4n) is 1.19. The Morgan fingerprint density at radius 3 is 2.47 bits per heavy atom. The van der Waals surface area contributed by atoms with Crippen LogP contribution in [-0.2, 0) is 4.79 Å². The Bertz CT molecular complexity index is 365. The Hall–Kier alpha value is -1.22. The third-order valence-corrected chi connectivity index (χ3v) is 3.37. The average molecular weight is 256 g/mol. The minimum Gasteiger partial charge on any atom is -0.484 e. The molecule has 0 N–H and O–H groups in total. The van der Waals surface area contributed by atoms with Crippen molar-refractivity contribution < 1.29 is 9.53 Å². The second-order valence-corrected chi connectivity index (χ2v) is 4.77. The lowest BCUT2D eigenvalue weighted by molar-refractivity contribution is -0.136. The van der Waals surface area contributed by atoms with Crippen LogP contribution >= 0.6 is 11.6 Å². The first kappa shape index (κ1) is 13.8. The molecule has 1 amide bonds. The van der Waals surface area contributed by atoms with Gasteiger partial charge in [-0.1, -0.05) is 18.2 Å². The quantitative estimate of drug-likeness (QED) is 0.757. The number of ether oxygens (including phenoxy) is 1. The van der Waals surface area contributed by atoms with E-state index < -0.39 is 0 Å². The standard InChI is InChI=1S/C13H18ClNO2/c1-13(2,10-14)15(3)12(16)9-17-11-7-5-4-6-8-11/h4-8H,9-10H2,1-3H3. The molecular formula is C13H18ClNO2. The highest BCUT2D eigenvalue weighted by molar-refractivity contribution is 6.18. The highest BCUT2D eigenvalue weighted by Gasteiger charge is 2.26. The number of para-hydroxylation sites is 1. The summed E-state index contributed by atoms with van der Waals surface area (Å²) < 4.78 is 5.39. The van der Waals surface area contributed by atoms with Gasteiger partial charge in [0.1, 0.15) is 5.75 Å². The molecule has 0 aliphatic carbocycles. The summed E-state index contributed by atoms with van der Waals surface area (Å²) in [4.78, 5) is 13.5. The van der Waals surface area contributed by atoms with Crippen LogP contribution in [0.1, 0.15) is 13.8 Å². The largest absolute Gasteiger partial charge is 0.484 e. The summed E-state index contributed by atoms with van der Waals surface area (Å²) in [5.74, 6) is 0.998. The van der Waals surface area contributed by atoms with Crippen molar-refractivity contribution in [2.45, 2.75) is 19.4 Å². The van der Waals surface area contributed by atoms with E-state index in [1.807, 2.05) is 44.2 Å². The van der Waals surface area contributed by atoms with Gasteiger partial charge in [-0.05, 0) is 26.0 Å². The van der Waals surface area contributed by atoms with Gasteiger partial charge in [0, 0.05) is 12.9 Å². The van der Waals surface area contributed by atoms with Crippen LogP contribution in [0.2, 0.25) is 0 Å². The zero-order chi connectivity index (χ0) is 12.9. The van der Waals surface area contributed by atoms with E-state index >= 15 is 0 Å².